The largest absolute Gasteiger partial charge is 0.494 e. The first-order valence-electron chi connectivity index (χ1n) is 8.53. The summed E-state index contributed by atoms with van der Waals surface area (Å²) >= 11 is 0. The summed E-state index contributed by atoms with van der Waals surface area (Å²) in [7, 11) is 0. The number of hydrogen-bond donors (Lipinski definition) is 2. The van der Waals surface area contributed by atoms with Crippen LogP contribution in [0.1, 0.15) is 24.6 Å². The van der Waals surface area contributed by atoms with Crippen molar-refractivity contribution in [3.63, 3.8) is 0 Å². The number of urea groups is 1. The van der Waals surface area contributed by atoms with Crippen molar-refractivity contribution in [3.8, 4) is 5.75 Å². The monoisotopic (exact) mass is 342 g/mol. The maximum atomic E-state index is 12.0. The van der Waals surface area contributed by atoms with Gasteiger partial charge in [-0.1, -0.05) is 0 Å². The molecule has 2 amide bonds. The van der Waals surface area contributed by atoms with Crippen molar-refractivity contribution in [3.05, 3.63) is 51.9 Å². The molecule has 3 rings (SSSR count). The van der Waals surface area contributed by atoms with Crippen LogP contribution in [-0.2, 0) is 19.4 Å². The smallest absolute Gasteiger partial charge is 0.319 e. The highest BCUT2D eigenvalue weighted by Crippen LogP contribution is 2.17. The second-order valence-electron chi connectivity index (χ2n) is 5.87. The lowest BCUT2D eigenvalue weighted by Crippen LogP contribution is -2.34. The number of hydrogen-bond acceptors (Lipinski definition) is 4. The fourth-order valence-corrected chi connectivity index (χ4v) is 2.85. The Morgan fingerprint density at radius 2 is 2.08 bits per heavy atom. The lowest BCUT2D eigenvalue weighted by Gasteiger charge is -2.10. The first-order valence-corrected chi connectivity index (χ1v) is 8.53. The van der Waals surface area contributed by atoms with E-state index < -0.39 is 0 Å². The highest BCUT2D eigenvalue weighted by Gasteiger charge is 2.14. The highest BCUT2D eigenvalue weighted by molar-refractivity contribution is 5.89. The molecule has 0 fully saturated rings. The number of amides is 2. The summed E-state index contributed by atoms with van der Waals surface area (Å²) in [6, 6.07) is 8.49. The molecule has 1 aliphatic carbocycles. The van der Waals surface area contributed by atoms with Gasteiger partial charge in [0.1, 0.15) is 5.75 Å². The minimum atomic E-state index is -0.321. The summed E-state index contributed by atoms with van der Waals surface area (Å²) in [4.78, 5) is 23.9. The van der Waals surface area contributed by atoms with Gasteiger partial charge < -0.3 is 15.4 Å². The van der Waals surface area contributed by atoms with E-state index in [1.807, 2.05) is 6.92 Å². The van der Waals surface area contributed by atoms with E-state index in [1.165, 1.54) is 4.68 Å². The summed E-state index contributed by atoms with van der Waals surface area (Å²) in [5.74, 6) is 0.760. The van der Waals surface area contributed by atoms with Crippen molar-refractivity contribution >= 4 is 11.7 Å². The van der Waals surface area contributed by atoms with E-state index in [4.69, 9.17) is 4.74 Å². The standard InChI is InChI=1S/C18H22N4O3/c1-2-25-15-8-6-14(7-9-15)20-18(24)19-10-11-22-17(23)12-13-4-3-5-16(13)21-22/h6-9,12H,2-5,10-11H2,1H3,(H2,19,20,24). The molecule has 25 heavy (non-hydrogen) atoms. The Bertz CT molecular complexity index is 799. The SMILES string of the molecule is CCOc1ccc(NC(=O)NCCn2nc3c(cc2=O)CCC3)cc1. The number of benzene rings is 1. The van der Waals surface area contributed by atoms with E-state index in [1.54, 1.807) is 30.3 Å². The lowest BCUT2D eigenvalue weighted by atomic mass is 10.2. The normalized spacial score (nSPS) is 12.5. The summed E-state index contributed by atoms with van der Waals surface area (Å²) in [6.07, 6.45) is 2.90. The summed E-state index contributed by atoms with van der Waals surface area (Å²) in [6.45, 7) is 3.20. The molecule has 7 heteroatoms. The zero-order valence-corrected chi connectivity index (χ0v) is 14.2. The first kappa shape index (κ1) is 17.0. The van der Waals surface area contributed by atoms with Crippen LogP contribution < -0.4 is 20.9 Å². The number of aromatic nitrogens is 2. The maximum absolute atomic E-state index is 12.0. The van der Waals surface area contributed by atoms with Crippen molar-refractivity contribution in [1.82, 2.24) is 15.1 Å². The predicted molar refractivity (Wildman–Crippen MR) is 95.2 cm³/mol. The van der Waals surface area contributed by atoms with Crippen LogP contribution in [0.15, 0.2) is 35.1 Å². The van der Waals surface area contributed by atoms with Crippen LogP contribution in [0.25, 0.3) is 0 Å². The molecule has 0 unspecified atom stereocenters. The molecule has 1 aromatic carbocycles. The number of ether oxygens (including phenoxy) is 1. The molecule has 2 N–H and O–H groups in total. The molecule has 0 radical (unpaired) electrons. The van der Waals surface area contributed by atoms with E-state index in [9.17, 15) is 9.59 Å². The van der Waals surface area contributed by atoms with E-state index in [0.29, 0.717) is 25.4 Å². The molecular formula is C18H22N4O3. The summed E-state index contributed by atoms with van der Waals surface area (Å²) in [5.41, 5.74) is 2.61. The first-order chi connectivity index (χ1) is 12.2. The second kappa shape index (κ2) is 7.83. The van der Waals surface area contributed by atoms with Gasteiger partial charge in [-0.05, 0) is 56.0 Å². The molecule has 0 saturated heterocycles. The molecular weight excluding hydrogens is 320 g/mol. The van der Waals surface area contributed by atoms with E-state index in [-0.39, 0.29) is 11.6 Å². The summed E-state index contributed by atoms with van der Waals surface area (Å²) in [5, 5.41) is 9.85. The minimum absolute atomic E-state index is 0.116. The minimum Gasteiger partial charge on any atom is -0.494 e. The Hall–Kier alpha value is -2.83. The van der Waals surface area contributed by atoms with Gasteiger partial charge in [-0.25, -0.2) is 9.48 Å². The van der Waals surface area contributed by atoms with E-state index >= 15 is 0 Å². The third kappa shape index (κ3) is 4.37. The topological polar surface area (TPSA) is 85.2 Å². The predicted octanol–water partition coefficient (Wildman–Crippen LogP) is 1.95. The molecule has 1 aliphatic rings. The molecule has 0 atom stereocenters. The van der Waals surface area contributed by atoms with Gasteiger partial charge in [0.05, 0.1) is 18.8 Å². The Labute approximate surface area is 146 Å². The molecule has 1 aromatic heterocycles. The number of fused-ring (bicyclic) bond motifs is 1. The van der Waals surface area contributed by atoms with E-state index in [2.05, 4.69) is 15.7 Å². The quantitative estimate of drug-likeness (QED) is 0.840. The van der Waals surface area contributed by atoms with Gasteiger partial charge in [-0.2, -0.15) is 5.10 Å². The molecule has 132 valence electrons. The number of nitrogens with one attached hydrogen (secondary N) is 2. The number of nitrogens with zero attached hydrogens (tertiary/aromatic N) is 2. The van der Waals surface area contributed by atoms with Crippen LogP contribution in [0.2, 0.25) is 0 Å². The average Bonchev–Trinajstić information content (AvgIpc) is 3.04. The number of carbonyl (C=O) groups is 1. The van der Waals surface area contributed by atoms with Crippen molar-refractivity contribution in [1.29, 1.82) is 0 Å². The van der Waals surface area contributed by atoms with Crippen molar-refractivity contribution in [2.75, 3.05) is 18.5 Å². The molecule has 0 spiro atoms. The number of rotatable bonds is 6. The number of anilines is 1. The third-order valence-corrected chi connectivity index (χ3v) is 4.06. The van der Waals surface area contributed by atoms with Crippen LogP contribution in [0, 0.1) is 0 Å². The third-order valence-electron chi connectivity index (χ3n) is 4.06. The Balaban J connectivity index is 1.49. The zero-order chi connectivity index (χ0) is 17.6. The molecule has 0 saturated carbocycles. The van der Waals surface area contributed by atoms with Gasteiger partial charge in [-0.3, -0.25) is 4.79 Å². The van der Waals surface area contributed by atoms with Crippen LogP contribution in [0.5, 0.6) is 5.75 Å². The fourth-order valence-electron chi connectivity index (χ4n) is 2.85. The molecule has 2 aromatic rings. The van der Waals surface area contributed by atoms with Crippen molar-refractivity contribution < 1.29 is 9.53 Å². The van der Waals surface area contributed by atoms with Crippen molar-refractivity contribution in [2.45, 2.75) is 32.7 Å². The maximum Gasteiger partial charge on any atom is 0.319 e. The van der Waals surface area contributed by atoms with Gasteiger partial charge in [-0.15, -0.1) is 0 Å². The lowest BCUT2D eigenvalue weighted by molar-refractivity contribution is 0.251. The Kier molecular flexibility index (Phi) is 5.33. The molecule has 0 bridgehead atoms. The number of carbonyl (C=O) groups excluding carboxylic acids is 1. The highest BCUT2D eigenvalue weighted by atomic mass is 16.5. The molecule has 0 aliphatic heterocycles. The van der Waals surface area contributed by atoms with Gasteiger partial charge in [0.25, 0.3) is 5.56 Å². The zero-order valence-electron chi connectivity index (χ0n) is 14.2. The van der Waals surface area contributed by atoms with Gasteiger partial charge in [0.2, 0.25) is 0 Å². The van der Waals surface area contributed by atoms with Gasteiger partial charge in [0, 0.05) is 18.3 Å². The Morgan fingerprint density at radius 3 is 2.84 bits per heavy atom. The van der Waals surface area contributed by atoms with Gasteiger partial charge in [0.15, 0.2) is 0 Å². The Morgan fingerprint density at radius 1 is 1.28 bits per heavy atom. The average molecular weight is 342 g/mol. The van der Waals surface area contributed by atoms with Gasteiger partial charge >= 0.3 is 6.03 Å². The van der Waals surface area contributed by atoms with Crippen LogP contribution >= 0.6 is 0 Å². The second-order valence-corrected chi connectivity index (χ2v) is 5.87. The molecule has 1 heterocycles. The van der Waals surface area contributed by atoms with Crippen LogP contribution in [-0.4, -0.2) is 29.0 Å². The fraction of sp³-hybridized carbons (Fsp3) is 0.389. The van der Waals surface area contributed by atoms with E-state index in [0.717, 1.165) is 36.3 Å². The number of aryl methyl sites for hydroxylation is 2. The summed E-state index contributed by atoms with van der Waals surface area (Å²) < 4.78 is 6.77. The van der Waals surface area contributed by atoms with Crippen LogP contribution in [0.4, 0.5) is 10.5 Å². The van der Waals surface area contributed by atoms with Crippen LogP contribution in [0.3, 0.4) is 0 Å². The van der Waals surface area contributed by atoms with Crippen molar-refractivity contribution in [2.24, 2.45) is 0 Å². The molecule has 7 nitrogen and oxygen atoms in total.